The summed E-state index contributed by atoms with van der Waals surface area (Å²) in [5.41, 5.74) is 0. The van der Waals surface area contributed by atoms with E-state index < -0.39 is 5.97 Å². The van der Waals surface area contributed by atoms with Crippen molar-refractivity contribution >= 4 is 5.97 Å². The fraction of sp³-hybridized carbons (Fsp3) is 0.667. The molecule has 0 fully saturated rings. The van der Waals surface area contributed by atoms with Gasteiger partial charge in [0.25, 0.3) is 0 Å². The lowest BCUT2D eigenvalue weighted by atomic mass is 10.7. The molecule has 0 radical (unpaired) electrons. The minimum absolute atomic E-state index is 0.333. The van der Waals surface area contributed by atoms with E-state index in [-0.39, 0.29) is 6.54 Å². The molecule has 42 valence electrons. The monoisotopic (exact) mass is 105 g/mol. The number of carbonyl (C=O) groups is 1. The number of hydrogen-bond acceptors (Lipinski definition) is 3. The molecule has 4 heteroatoms. The molecule has 0 spiro atoms. The van der Waals surface area contributed by atoms with E-state index in [1.807, 2.05) is 0 Å². The Bertz CT molecular complexity index is 70.6. The van der Waals surface area contributed by atoms with Gasteiger partial charge in [-0.05, 0) is 0 Å². The topological polar surface area (TPSA) is 60.8 Å². The van der Waals surface area contributed by atoms with E-state index in [1.165, 1.54) is 7.05 Å². The van der Waals surface area contributed by atoms with Gasteiger partial charge < -0.3 is 10.3 Å². The molecule has 0 heterocycles. The predicted octanol–water partition coefficient (Wildman–Crippen LogP) is -0.608. The third-order valence-corrected chi connectivity index (χ3v) is 0.364. The van der Waals surface area contributed by atoms with Crippen LogP contribution in [-0.2, 0) is 4.79 Å². The first kappa shape index (κ1) is 6.39. The number of hydrogen-bond donors (Lipinski definition) is 2. The summed E-state index contributed by atoms with van der Waals surface area (Å²) < 4.78 is 0. The van der Waals surface area contributed by atoms with Crippen molar-refractivity contribution < 1.29 is 15.1 Å². The number of rotatable bonds is 2. The quantitative estimate of drug-likeness (QED) is 0.460. The number of aliphatic carboxylic acids is 1. The van der Waals surface area contributed by atoms with Crippen LogP contribution in [0.2, 0.25) is 0 Å². The van der Waals surface area contributed by atoms with Crippen LogP contribution in [0.5, 0.6) is 0 Å². The third-order valence-electron chi connectivity index (χ3n) is 0.364. The fourth-order valence-corrected chi connectivity index (χ4v) is 0.196. The van der Waals surface area contributed by atoms with Gasteiger partial charge in [-0.15, -0.1) is 0 Å². The van der Waals surface area contributed by atoms with Crippen molar-refractivity contribution in [3.63, 3.8) is 0 Å². The van der Waals surface area contributed by atoms with E-state index in [0.29, 0.717) is 5.06 Å². The van der Waals surface area contributed by atoms with Crippen molar-refractivity contribution in [1.82, 2.24) is 5.06 Å². The Morgan fingerprint density at radius 3 is 2.29 bits per heavy atom. The summed E-state index contributed by atoms with van der Waals surface area (Å²) in [7, 11) is 1.27. The molecule has 0 saturated heterocycles. The summed E-state index contributed by atoms with van der Waals surface area (Å²) in [6.45, 7) is -0.333. The number of carboxylic acids is 1. The molecule has 7 heavy (non-hydrogen) atoms. The van der Waals surface area contributed by atoms with Gasteiger partial charge in [0.1, 0.15) is 6.54 Å². The Balaban J connectivity index is 3.13. The van der Waals surface area contributed by atoms with Crippen molar-refractivity contribution in [3.8, 4) is 0 Å². The molecule has 0 atom stereocenters. The van der Waals surface area contributed by atoms with Crippen molar-refractivity contribution in [2.24, 2.45) is 0 Å². The van der Waals surface area contributed by atoms with Crippen LogP contribution in [0, 0.1) is 0 Å². The number of hydroxylamine groups is 2. The maximum atomic E-state index is 9.61. The minimum Gasteiger partial charge on any atom is -0.480 e. The van der Waals surface area contributed by atoms with E-state index in [2.05, 4.69) is 0 Å². The van der Waals surface area contributed by atoms with Crippen molar-refractivity contribution in [2.75, 3.05) is 13.6 Å². The maximum absolute atomic E-state index is 9.61. The molecule has 2 N–H and O–H groups in total. The molecular weight excluding hydrogens is 98.0 g/mol. The van der Waals surface area contributed by atoms with Gasteiger partial charge in [0.2, 0.25) is 0 Å². The van der Waals surface area contributed by atoms with Crippen LogP contribution in [0.25, 0.3) is 0 Å². The summed E-state index contributed by atoms with van der Waals surface area (Å²) in [4.78, 5) is 9.61. The van der Waals surface area contributed by atoms with E-state index >= 15 is 0 Å². The van der Waals surface area contributed by atoms with Crippen molar-refractivity contribution in [1.29, 1.82) is 0 Å². The molecule has 0 saturated carbocycles. The average molecular weight is 105 g/mol. The molecule has 0 aromatic heterocycles. The molecule has 0 aliphatic carbocycles. The first-order valence-electron chi connectivity index (χ1n) is 1.74. The van der Waals surface area contributed by atoms with Gasteiger partial charge in [0.05, 0.1) is 0 Å². The zero-order valence-corrected chi connectivity index (χ0v) is 3.96. The molecule has 0 rings (SSSR count). The summed E-state index contributed by atoms with van der Waals surface area (Å²) in [5.74, 6) is -1.04. The van der Waals surface area contributed by atoms with Gasteiger partial charge in [0.15, 0.2) is 0 Å². The molecule has 0 unspecified atom stereocenters. The number of likely N-dealkylation sites (N-methyl/N-ethyl adjacent to an activating group) is 1. The highest BCUT2D eigenvalue weighted by Crippen LogP contribution is 1.69. The number of nitrogens with zero attached hydrogens (tertiary/aromatic N) is 1. The van der Waals surface area contributed by atoms with Crippen LogP contribution in [0.4, 0.5) is 0 Å². The highest BCUT2D eigenvalue weighted by atomic mass is 16.5. The van der Waals surface area contributed by atoms with E-state index in [0.717, 1.165) is 0 Å². The van der Waals surface area contributed by atoms with Gasteiger partial charge in [-0.1, -0.05) is 0 Å². The lowest BCUT2D eigenvalue weighted by Gasteiger charge is -2.00. The smallest absolute Gasteiger partial charge is 0.320 e. The van der Waals surface area contributed by atoms with Gasteiger partial charge in [-0.25, -0.2) is 0 Å². The first-order chi connectivity index (χ1) is 3.13. The Labute approximate surface area is 40.9 Å². The molecule has 4 nitrogen and oxygen atoms in total. The lowest BCUT2D eigenvalue weighted by Crippen LogP contribution is -2.21. The highest BCUT2D eigenvalue weighted by molar-refractivity contribution is 5.68. The van der Waals surface area contributed by atoms with Crippen LogP contribution in [0.15, 0.2) is 0 Å². The Morgan fingerprint density at radius 1 is 1.86 bits per heavy atom. The van der Waals surface area contributed by atoms with Gasteiger partial charge >= 0.3 is 5.97 Å². The summed E-state index contributed by atoms with van der Waals surface area (Å²) >= 11 is 0. The van der Waals surface area contributed by atoms with Gasteiger partial charge in [0, 0.05) is 7.05 Å². The molecular formula is C3H7NO3. The fourth-order valence-electron chi connectivity index (χ4n) is 0.196. The third kappa shape index (κ3) is 5.39. The van der Waals surface area contributed by atoms with Crippen molar-refractivity contribution in [3.05, 3.63) is 0 Å². The normalized spacial score (nSPS) is 9.57. The van der Waals surface area contributed by atoms with E-state index in [4.69, 9.17) is 10.3 Å². The van der Waals surface area contributed by atoms with E-state index in [1.54, 1.807) is 0 Å². The summed E-state index contributed by atoms with van der Waals surface area (Å²) in [6, 6.07) is 0. The van der Waals surface area contributed by atoms with Crippen molar-refractivity contribution in [2.45, 2.75) is 0 Å². The minimum atomic E-state index is -1.04. The zero-order valence-electron chi connectivity index (χ0n) is 3.96. The second-order valence-electron chi connectivity index (χ2n) is 1.21. The second-order valence-corrected chi connectivity index (χ2v) is 1.21. The molecule has 0 amide bonds. The number of carboxylic acid groups (broad SMARTS) is 1. The van der Waals surface area contributed by atoms with E-state index in [9.17, 15) is 4.79 Å². The average Bonchev–Trinajstić information content (AvgIpc) is 1.27. The molecule has 0 aliphatic heterocycles. The summed E-state index contributed by atoms with van der Waals surface area (Å²) in [6.07, 6.45) is 0. The Hall–Kier alpha value is -0.610. The molecule has 0 aromatic carbocycles. The lowest BCUT2D eigenvalue weighted by molar-refractivity contribution is -0.148. The molecule has 0 bridgehead atoms. The van der Waals surface area contributed by atoms with Crippen LogP contribution >= 0.6 is 0 Å². The highest BCUT2D eigenvalue weighted by Gasteiger charge is 1.96. The van der Waals surface area contributed by atoms with Crippen LogP contribution < -0.4 is 0 Å². The summed E-state index contributed by atoms with van der Waals surface area (Å²) in [5, 5.41) is 16.7. The standard InChI is InChI=1S/C3H7NO3/c1-4(7)2-3(5)6/h7H,2H2,1H3,(H,5,6). The maximum Gasteiger partial charge on any atom is 0.320 e. The second kappa shape index (κ2) is 2.54. The van der Waals surface area contributed by atoms with Crippen LogP contribution in [0.1, 0.15) is 0 Å². The Kier molecular flexibility index (Phi) is 2.32. The largest absolute Gasteiger partial charge is 0.480 e. The zero-order chi connectivity index (χ0) is 5.86. The molecule has 0 aliphatic rings. The SMILES string of the molecule is CN(O)CC(=O)O. The van der Waals surface area contributed by atoms with Crippen LogP contribution in [-0.4, -0.2) is 34.9 Å². The van der Waals surface area contributed by atoms with Gasteiger partial charge in [-0.2, -0.15) is 5.06 Å². The van der Waals surface area contributed by atoms with Crippen LogP contribution in [0.3, 0.4) is 0 Å². The predicted molar refractivity (Wildman–Crippen MR) is 22.1 cm³/mol. The van der Waals surface area contributed by atoms with Gasteiger partial charge in [-0.3, -0.25) is 4.79 Å². The molecule has 0 aromatic rings. The first-order valence-corrected chi connectivity index (χ1v) is 1.74. The Morgan fingerprint density at radius 2 is 2.29 bits per heavy atom.